The van der Waals surface area contributed by atoms with Crippen LogP contribution in [0.2, 0.25) is 0 Å². The molecular formula is C13H16O2. The quantitative estimate of drug-likeness (QED) is 0.747. The molecule has 80 valence electrons. The van der Waals surface area contributed by atoms with E-state index in [9.17, 15) is 5.11 Å². The lowest BCUT2D eigenvalue weighted by molar-refractivity contribution is -0.0283. The van der Waals surface area contributed by atoms with Crippen molar-refractivity contribution in [1.82, 2.24) is 0 Å². The van der Waals surface area contributed by atoms with Gasteiger partial charge in [0.05, 0.1) is 18.8 Å². The van der Waals surface area contributed by atoms with Crippen molar-refractivity contribution in [3.63, 3.8) is 0 Å². The summed E-state index contributed by atoms with van der Waals surface area (Å²) in [5, 5.41) is 10.5. The van der Waals surface area contributed by atoms with Crippen LogP contribution in [0.25, 0.3) is 0 Å². The topological polar surface area (TPSA) is 29.5 Å². The highest BCUT2D eigenvalue weighted by Crippen LogP contribution is 2.31. The molecule has 0 amide bonds. The van der Waals surface area contributed by atoms with Crippen LogP contribution in [0, 0.1) is 5.92 Å². The molecule has 0 saturated carbocycles. The zero-order valence-electron chi connectivity index (χ0n) is 8.89. The Kier molecular flexibility index (Phi) is 2.89. The van der Waals surface area contributed by atoms with E-state index in [2.05, 4.69) is 0 Å². The van der Waals surface area contributed by atoms with Crippen LogP contribution in [-0.2, 0) is 10.3 Å². The van der Waals surface area contributed by atoms with Gasteiger partial charge in [0.25, 0.3) is 0 Å². The molecule has 0 spiro atoms. The van der Waals surface area contributed by atoms with Gasteiger partial charge in [-0.15, -0.1) is 0 Å². The third-order valence-electron chi connectivity index (χ3n) is 2.96. The molecule has 2 nitrogen and oxygen atoms in total. The summed E-state index contributed by atoms with van der Waals surface area (Å²) in [6.07, 6.45) is 4.00. The summed E-state index contributed by atoms with van der Waals surface area (Å²) in [6, 6.07) is 9.73. The van der Waals surface area contributed by atoms with E-state index in [1.54, 1.807) is 0 Å². The molecule has 0 fully saturated rings. The lowest BCUT2D eigenvalue weighted by Gasteiger charge is -2.32. The van der Waals surface area contributed by atoms with Crippen molar-refractivity contribution in [3.05, 3.63) is 48.0 Å². The molecule has 1 heterocycles. The number of hydrogen-bond acceptors (Lipinski definition) is 2. The highest BCUT2D eigenvalue weighted by molar-refractivity contribution is 5.24. The van der Waals surface area contributed by atoms with E-state index >= 15 is 0 Å². The fourth-order valence-electron chi connectivity index (χ4n) is 1.88. The van der Waals surface area contributed by atoms with E-state index in [4.69, 9.17) is 4.74 Å². The van der Waals surface area contributed by atoms with Crippen LogP contribution >= 0.6 is 0 Å². The normalized spacial score (nSPS) is 24.8. The van der Waals surface area contributed by atoms with Crippen LogP contribution in [0.15, 0.2) is 42.5 Å². The van der Waals surface area contributed by atoms with Crippen LogP contribution in [-0.4, -0.2) is 18.3 Å². The number of ether oxygens (including phenoxy) is 1. The van der Waals surface area contributed by atoms with Gasteiger partial charge in [0, 0.05) is 5.92 Å². The molecule has 1 aromatic carbocycles. The molecule has 0 saturated heterocycles. The van der Waals surface area contributed by atoms with Crippen LogP contribution in [0.5, 0.6) is 0 Å². The van der Waals surface area contributed by atoms with Crippen molar-refractivity contribution in [2.75, 3.05) is 13.2 Å². The number of aliphatic hydroxyl groups is 1. The van der Waals surface area contributed by atoms with Crippen molar-refractivity contribution in [3.8, 4) is 0 Å². The molecule has 0 aromatic heterocycles. The molecule has 2 heteroatoms. The molecule has 0 radical (unpaired) electrons. The monoisotopic (exact) mass is 204 g/mol. The Bertz CT molecular complexity index is 341. The molecular weight excluding hydrogens is 188 g/mol. The van der Waals surface area contributed by atoms with E-state index in [1.165, 1.54) is 0 Å². The summed E-state index contributed by atoms with van der Waals surface area (Å²) < 4.78 is 5.34. The van der Waals surface area contributed by atoms with Gasteiger partial charge in [-0.05, 0) is 12.5 Å². The number of rotatable bonds is 2. The molecule has 1 aliphatic rings. The Morgan fingerprint density at radius 3 is 2.67 bits per heavy atom. The molecule has 0 aliphatic carbocycles. The van der Waals surface area contributed by atoms with Gasteiger partial charge >= 0.3 is 0 Å². The first-order valence-corrected chi connectivity index (χ1v) is 5.23. The van der Waals surface area contributed by atoms with Gasteiger partial charge in [-0.3, -0.25) is 0 Å². The average Bonchev–Trinajstić information content (AvgIpc) is 2.31. The SMILES string of the molecule is C[C@](O)(c1ccccc1)[C@@H]1C=CCOC1. The zero-order valence-corrected chi connectivity index (χ0v) is 8.89. The third kappa shape index (κ3) is 2.11. The molecule has 1 aromatic rings. The summed E-state index contributed by atoms with van der Waals surface area (Å²) in [5.41, 5.74) is 0.0863. The third-order valence-corrected chi connectivity index (χ3v) is 2.96. The van der Waals surface area contributed by atoms with Crippen molar-refractivity contribution in [2.45, 2.75) is 12.5 Å². The summed E-state index contributed by atoms with van der Waals surface area (Å²) in [4.78, 5) is 0. The fourth-order valence-corrected chi connectivity index (χ4v) is 1.88. The van der Waals surface area contributed by atoms with Crippen LogP contribution in [0.4, 0.5) is 0 Å². The second kappa shape index (κ2) is 4.17. The summed E-state index contributed by atoms with van der Waals surface area (Å²) >= 11 is 0. The van der Waals surface area contributed by atoms with E-state index in [-0.39, 0.29) is 5.92 Å². The van der Waals surface area contributed by atoms with Gasteiger partial charge < -0.3 is 9.84 Å². The largest absolute Gasteiger partial charge is 0.385 e. The Morgan fingerprint density at radius 1 is 1.33 bits per heavy atom. The van der Waals surface area contributed by atoms with Crippen LogP contribution in [0.1, 0.15) is 12.5 Å². The van der Waals surface area contributed by atoms with Crippen molar-refractivity contribution in [1.29, 1.82) is 0 Å². The van der Waals surface area contributed by atoms with Gasteiger partial charge in [0.15, 0.2) is 0 Å². The maximum atomic E-state index is 10.5. The smallest absolute Gasteiger partial charge is 0.0952 e. The second-order valence-electron chi connectivity index (χ2n) is 4.09. The fraction of sp³-hybridized carbons (Fsp3) is 0.385. The van der Waals surface area contributed by atoms with Crippen molar-refractivity contribution in [2.24, 2.45) is 5.92 Å². The predicted octanol–water partition coefficient (Wildman–Crippen LogP) is 2.10. The highest BCUT2D eigenvalue weighted by atomic mass is 16.5. The Labute approximate surface area is 90.2 Å². The first-order valence-electron chi connectivity index (χ1n) is 5.23. The summed E-state index contributed by atoms with van der Waals surface area (Å²) in [6.45, 7) is 3.08. The van der Waals surface area contributed by atoms with E-state index in [1.807, 2.05) is 49.4 Å². The minimum Gasteiger partial charge on any atom is -0.385 e. The number of hydrogen-bond donors (Lipinski definition) is 1. The van der Waals surface area contributed by atoms with Gasteiger partial charge in [0.2, 0.25) is 0 Å². The van der Waals surface area contributed by atoms with E-state index < -0.39 is 5.60 Å². The van der Waals surface area contributed by atoms with E-state index in [0.29, 0.717) is 13.2 Å². The lowest BCUT2D eigenvalue weighted by atomic mass is 9.82. The lowest BCUT2D eigenvalue weighted by Crippen LogP contribution is -2.35. The Hall–Kier alpha value is -1.12. The maximum Gasteiger partial charge on any atom is 0.0952 e. The van der Waals surface area contributed by atoms with Crippen molar-refractivity contribution < 1.29 is 9.84 Å². The van der Waals surface area contributed by atoms with E-state index in [0.717, 1.165) is 5.56 Å². The van der Waals surface area contributed by atoms with Gasteiger partial charge in [0.1, 0.15) is 0 Å². The maximum absolute atomic E-state index is 10.5. The van der Waals surface area contributed by atoms with Crippen LogP contribution in [0.3, 0.4) is 0 Å². The molecule has 1 aliphatic heterocycles. The molecule has 2 atom stereocenters. The first-order chi connectivity index (χ1) is 7.21. The minimum absolute atomic E-state index is 0.0358. The van der Waals surface area contributed by atoms with Gasteiger partial charge in [-0.2, -0.15) is 0 Å². The molecule has 0 unspecified atom stereocenters. The molecule has 15 heavy (non-hydrogen) atoms. The highest BCUT2D eigenvalue weighted by Gasteiger charge is 2.32. The standard InChI is InChI=1S/C13H16O2/c1-13(14,11-6-3-2-4-7-11)12-8-5-9-15-10-12/h2-8,12,14H,9-10H2,1H3/t12-,13+/m1/s1. The number of benzene rings is 1. The molecule has 2 rings (SSSR count). The van der Waals surface area contributed by atoms with Crippen LogP contribution < -0.4 is 0 Å². The zero-order chi connectivity index (χ0) is 10.7. The molecule has 1 N–H and O–H groups in total. The summed E-state index contributed by atoms with van der Waals surface area (Å²) in [7, 11) is 0. The van der Waals surface area contributed by atoms with Gasteiger partial charge in [-0.1, -0.05) is 42.5 Å². The van der Waals surface area contributed by atoms with Gasteiger partial charge in [-0.25, -0.2) is 0 Å². The van der Waals surface area contributed by atoms with Crippen molar-refractivity contribution >= 4 is 0 Å². The minimum atomic E-state index is -0.849. The predicted molar refractivity (Wildman–Crippen MR) is 59.5 cm³/mol. The summed E-state index contributed by atoms with van der Waals surface area (Å²) in [5.74, 6) is 0.0358. The Morgan fingerprint density at radius 2 is 2.07 bits per heavy atom. The Balaban J connectivity index is 2.26. The molecule has 0 bridgehead atoms. The average molecular weight is 204 g/mol. The second-order valence-corrected chi connectivity index (χ2v) is 4.09. The first kappa shape index (κ1) is 10.4.